The van der Waals surface area contributed by atoms with Gasteiger partial charge in [-0.05, 0) is 66.9 Å². The molecule has 4 aliphatic rings. The molecular weight excluding hydrogens is 539 g/mol. The number of hydrogen-bond donors (Lipinski definition) is 1. The van der Waals surface area contributed by atoms with Crippen molar-refractivity contribution in [1.82, 2.24) is 0 Å². The van der Waals surface area contributed by atoms with E-state index >= 15 is 0 Å². The van der Waals surface area contributed by atoms with Crippen molar-refractivity contribution in [2.75, 3.05) is 6.61 Å². The number of alkyl halides is 2. The van der Waals surface area contributed by atoms with E-state index in [1.807, 2.05) is 32.1 Å². The third-order valence-electron chi connectivity index (χ3n) is 10.0. The van der Waals surface area contributed by atoms with Gasteiger partial charge in [0.25, 0.3) is 0 Å². The number of allylic oxidation sites excluding steroid dienone is 5. The van der Waals surface area contributed by atoms with Crippen LogP contribution in [0.15, 0.2) is 66.0 Å². The topological polar surface area (TPSA) is 89.9 Å². The van der Waals surface area contributed by atoms with E-state index in [-0.39, 0.29) is 17.8 Å². The maximum absolute atomic E-state index is 13.3. The highest BCUT2D eigenvalue weighted by molar-refractivity contribution is 6.34. The van der Waals surface area contributed by atoms with Crippen LogP contribution in [0.5, 0.6) is 0 Å². The molecule has 8 heteroatoms. The Balaban J connectivity index is 1.47. The summed E-state index contributed by atoms with van der Waals surface area (Å²) in [5, 5.41) is 11.4. The van der Waals surface area contributed by atoms with Crippen LogP contribution in [0, 0.1) is 28.6 Å². The van der Waals surface area contributed by atoms with Gasteiger partial charge in [0.05, 0.1) is 15.8 Å². The van der Waals surface area contributed by atoms with Crippen molar-refractivity contribution in [2.24, 2.45) is 28.6 Å². The standard InChI is InChI=1S/C31H34Cl2O6/c1-18-14-24-23-11-10-21-15-22(39-27(36)20-8-6-5-7-9-20)12-13-28(21,3)30(23,33)25(32)16-29(24,4)31(18,37)26(35)17-38-19(2)34/h5-10,12-13,15,18,23-25,37H,11,14,16-17H2,1-4H3/t18-,23+,24+,25+,28+,29+,30+,31+/m1/s1. The van der Waals surface area contributed by atoms with Crippen molar-refractivity contribution >= 4 is 40.9 Å². The van der Waals surface area contributed by atoms with Crippen LogP contribution < -0.4 is 0 Å². The predicted octanol–water partition coefficient (Wildman–Crippen LogP) is 5.76. The number of esters is 2. The van der Waals surface area contributed by atoms with E-state index in [1.165, 1.54) is 6.92 Å². The van der Waals surface area contributed by atoms with E-state index in [9.17, 15) is 19.5 Å². The molecular formula is C31H34Cl2O6. The first-order valence-electron chi connectivity index (χ1n) is 13.4. The van der Waals surface area contributed by atoms with Gasteiger partial charge in [-0.15, -0.1) is 23.2 Å². The Kier molecular flexibility index (Phi) is 6.93. The Morgan fingerprint density at radius 2 is 1.82 bits per heavy atom. The molecule has 0 amide bonds. The quantitative estimate of drug-likeness (QED) is 0.356. The molecule has 1 aromatic carbocycles. The minimum absolute atomic E-state index is 0.0874. The van der Waals surface area contributed by atoms with Crippen molar-refractivity contribution in [3.8, 4) is 0 Å². The SMILES string of the molecule is CC(=O)OCC(=O)[C@@]1(O)[C@H](C)C[C@H]2[C@@H]3CC=C4C=C(OC(=O)c5ccccc5)C=C[C@]4(C)[C@@]3(Cl)[C@@H](Cl)C[C@@]21C. The van der Waals surface area contributed by atoms with E-state index in [0.717, 1.165) is 5.57 Å². The summed E-state index contributed by atoms with van der Waals surface area (Å²) in [4.78, 5) is 36.4. The molecule has 2 saturated carbocycles. The van der Waals surface area contributed by atoms with Gasteiger partial charge in [0, 0.05) is 17.8 Å². The number of ether oxygens (including phenoxy) is 2. The molecule has 6 nitrogen and oxygen atoms in total. The molecule has 4 aliphatic carbocycles. The van der Waals surface area contributed by atoms with Crippen molar-refractivity contribution in [1.29, 1.82) is 0 Å². The summed E-state index contributed by atoms with van der Waals surface area (Å²) in [5.41, 5.74) is -1.81. The predicted molar refractivity (Wildman–Crippen MR) is 148 cm³/mol. The summed E-state index contributed by atoms with van der Waals surface area (Å²) in [7, 11) is 0. The van der Waals surface area contributed by atoms with Gasteiger partial charge in [-0.2, -0.15) is 0 Å². The number of fused-ring (bicyclic) bond motifs is 5. The lowest BCUT2D eigenvalue weighted by molar-refractivity contribution is -0.171. The Bertz CT molecular complexity index is 1300. The molecule has 0 heterocycles. The molecule has 208 valence electrons. The molecule has 1 N–H and O–H groups in total. The molecule has 0 unspecified atom stereocenters. The lowest BCUT2D eigenvalue weighted by Gasteiger charge is -2.63. The third-order valence-corrected chi connectivity index (χ3v) is 11.6. The highest BCUT2D eigenvalue weighted by Crippen LogP contribution is 2.71. The maximum Gasteiger partial charge on any atom is 0.343 e. The van der Waals surface area contributed by atoms with Crippen LogP contribution in [0.1, 0.15) is 57.3 Å². The van der Waals surface area contributed by atoms with Gasteiger partial charge >= 0.3 is 11.9 Å². The molecule has 1 aromatic rings. The average Bonchev–Trinajstić information content (AvgIpc) is 3.10. The molecule has 5 rings (SSSR count). The summed E-state index contributed by atoms with van der Waals surface area (Å²) >= 11 is 14.8. The molecule has 0 aromatic heterocycles. The fraction of sp³-hybridized carbons (Fsp3) is 0.516. The lowest BCUT2D eigenvalue weighted by Crippen LogP contribution is -2.67. The first-order chi connectivity index (χ1) is 18.3. The second kappa shape index (κ2) is 9.60. The van der Waals surface area contributed by atoms with Crippen LogP contribution in [0.25, 0.3) is 0 Å². The van der Waals surface area contributed by atoms with Gasteiger partial charge in [0.1, 0.15) is 11.4 Å². The second-order valence-electron chi connectivity index (χ2n) is 11.9. The summed E-state index contributed by atoms with van der Waals surface area (Å²) < 4.78 is 10.7. The summed E-state index contributed by atoms with van der Waals surface area (Å²) in [6, 6.07) is 8.81. The van der Waals surface area contributed by atoms with Gasteiger partial charge < -0.3 is 14.6 Å². The fourth-order valence-electron chi connectivity index (χ4n) is 7.91. The number of rotatable bonds is 5. The summed E-state index contributed by atoms with van der Waals surface area (Å²) in [5.74, 6) is -1.65. The maximum atomic E-state index is 13.3. The van der Waals surface area contributed by atoms with E-state index < -0.39 is 51.0 Å². The number of hydrogen-bond acceptors (Lipinski definition) is 6. The minimum atomic E-state index is -1.69. The minimum Gasteiger partial charge on any atom is -0.458 e. The Morgan fingerprint density at radius 3 is 2.49 bits per heavy atom. The van der Waals surface area contributed by atoms with Gasteiger partial charge in [0.2, 0.25) is 5.78 Å². The lowest BCUT2D eigenvalue weighted by atomic mass is 9.47. The average molecular weight is 574 g/mol. The highest BCUT2D eigenvalue weighted by atomic mass is 35.5. The number of carbonyl (C=O) groups excluding carboxylic acids is 3. The van der Waals surface area contributed by atoms with Crippen LogP contribution >= 0.6 is 23.2 Å². The molecule has 0 saturated heterocycles. The third kappa shape index (κ3) is 3.97. The number of halogens is 2. The van der Waals surface area contributed by atoms with Crippen LogP contribution in [-0.4, -0.2) is 45.3 Å². The van der Waals surface area contributed by atoms with Gasteiger partial charge in [0.15, 0.2) is 6.61 Å². The Hall–Kier alpha value is -2.41. The molecule has 2 fully saturated rings. The van der Waals surface area contributed by atoms with Crippen LogP contribution in [0.4, 0.5) is 0 Å². The van der Waals surface area contributed by atoms with Crippen LogP contribution in [0.2, 0.25) is 0 Å². The first kappa shape index (κ1) is 28.1. The zero-order valence-corrected chi connectivity index (χ0v) is 24.1. The van der Waals surface area contributed by atoms with Gasteiger partial charge in [-0.1, -0.05) is 51.1 Å². The number of Topliss-reactive ketones (excluding diaryl/α,β-unsaturated/α-hetero) is 1. The zero-order chi connectivity index (χ0) is 28.4. The fourth-order valence-corrected chi connectivity index (χ4v) is 9.11. The molecule has 0 spiro atoms. The number of benzene rings is 1. The van der Waals surface area contributed by atoms with E-state index in [0.29, 0.717) is 30.6 Å². The van der Waals surface area contributed by atoms with Crippen molar-refractivity contribution < 1.29 is 29.0 Å². The van der Waals surface area contributed by atoms with E-state index in [1.54, 1.807) is 30.3 Å². The van der Waals surface area contributed by atoms with Gasteiger partial charge in [-0.3, -0.25) is 9.59 Å². The first-order valence-corrected chi connectivity index (χ1v) is 14.2. The number of ketones is 1. The Morgan fingerprint density at radius 1 is 1.13 bits per heavy atom. The van der Waals surface area contributed by atoms with E-state index in [4.69, 9.17) is 32.7 Å². The monoisotopic (exact) mass is 572 g/mol. The normalized spacial score (nSPS) is 40.4. The molecule has 39 heavy (non-hydrogen) atoms. The molecule has 8 atom stereocenters. The highest BCUT2D eigenvalue weighted by Gasteiger charge is 2.74. The largest absolute Gasteiger partial charge is 0.458 e. The zero-order valence-electron chi connectivity index (χ0n) is 22.6. The Labute approximate surface area is 239 Å². The smallest absolute Gasteiger partial charge is 0.343 e. The van der Waals surface area contributed by atoms with Crippen molar-refractivity contribution in [3.05, 3.63) is 71.5 Å². The van der Waals surface area contributed by atoms with Gasteiger partial charge in [-0.25, -0.2) is 4.79 Å². The van der Waals surface area contributed by atoms with E-state index in [2.05, 4.69) is 13.0 Å². The molecule has 0 bridgehead atoms. The number of aliphatic hydroxyl groups is 1. The van der Waals surface area contributed by atoms with Crippen LogP contribution in [-0.2, 0) is 19.1 Å². The number of carbonyl (C=O) groups is 3. The van der Waals surface area contributed by atoms with Crippen molar-refractivity contribution in [3.63, 3.8) is 0 Å². The molecule has 0 aliphatic heterocycles. The summed E-state index contributed by atoms with van der Waals surface area (Å²) in [6.45, 7) is 6.62. The summed E-state index contributed by atoms with van der Waals surface area (Å²) in [6.07, 6.45) is 9.24. The second-order valence-corrected chi connectivity index (χ2v) is 13.1. The molecule has 0 radical (unpaired) electrons. The van der Waals surface area contributed by atoms with Crippen LogP contribution in [0.3, 0.4) is 0 Å². The van der Waals surface area contributed by atoms with Crippen molar-refractivity contribution in [2.45, 2.75) is 62.8 Å².